The maximum Gasteiger partial charge on any atom is 0.164 e. The van der Waals surface area contributed by atoms with Crippen LogP contribution >= 0.6 is 0 Å². The first-order valence-electron chi connectivity index (χ1n) is 17.9. The van der Waals surface area contributed by atoms with Gasteiger partial charge in [0.2, 0.25) is 0 Å². The van der Waals surface area contributed by atoms with Gasteiger partial charge in [0, 0.05) is 27.5 Å². The second-order valence-electron chi connectivity index (χ2n) is 13.6. The Kier molecular flexibility index (Phi) is 6.52. The summed E-state index contributed by atoms with van der Waals surface area (Å²) in [5, 5.41) is 11.7. The first-order valence-corrected chi connectivity index (χ1v) is 17.9. The molecule has 0 atom stereocenters. The zero-order valence-corrected chi connectivity index (χ0v) is 28.5. The van der Waals surface area contributed by atoms with Crippen LogP contribution in [0, 0.1) is 0 Å². The van der Waals surface area contributed by atoms with Crippen molar-refractivity contribution in [3.8, 4) is 45.3 Å². The first-order chi connectivity index (χ1) is 26.2. The minimum Gasteiger partial charge on any atom is -0.456 e. The summed E-state index contributed by atoms with van der Waals surface area (Å²) in [5.41, 5.74) is 6.56. The van der Waals surface area contributed by atoms with Gasteiger partial charge in [-0.15, -0.1) is 0 Å². The molecule has 2 aromatic heterocycles. The van der Waals surface area contributed by atoms with Gasteiger partial charge in [-0.3, -0.25) is 0 Å². The number of nitrogens with zero attached hydrogens (tertiary/aromatic N) is 3. The number of aromatic nitrogens is 3. The van der Waals surface area contributed by atoms with Crippen molar-refractivity contribution in [2.24, 2.45) is 0 Å². The van der Waals surface area contributed by atoms with E-state index in [4.69, 9.17) is 19.4 Å². The molecule has 11 rings (SSSR count). The Morgan fingerprint density at radius 3 is 1.74 bits per heavy atom. The van der Waals surface area contributed by atoms with Crippen molar-refractivity contribution in [2.75, 3.05) is 0 Å². The lowest BCUT2D eigenvalue weighted by Gasteiger charge is -2.14. The number of hydrogen-bond acceptors (Lipinski definition) is 4. The summed E-state index contributed by atoms with van der Waals surface area (Å²) in [7, 11) is 0. The largest absolute Gasteiger partial charge is 0.456 e. The molecule has 0 bridgehead atoms. The summed E-state index contributed by atoms with van der Waals surface area (Å²) in [6.45, 7) is 0. The van der Waals surface area contributed by atoms with Gasteiger partial charge in [0.05, 0.1) is 0 Å². The first kappa shape index (κ1) is 29.5. The van der Waals surface area contributed by atoms with Crippen molar-refractivity contribution in [1.29, 1.82) is 0 Å². The van der Waals surface area contributed by atoms with Gasteiger partial charge in [-0.2, -0.15) is 0 Å². The van der Waals surface area contributed by atoms with Crippen molar-refractivity contribution in [2.45, 2.75) is 0 Å². The van der Waals surface area contributed by atoms with E-state index < -0.39 is 0 Å². The standard InChI is InChI=1S/C49H29N3O/c1-2-12-33-28-35(23-20-30(33)10-1)47-50-48(52-49(51-47)42-17-9-19-45-46(42)41-16-7-8-18-44(41)53-45)40-15-6-5-14-37(40)34-22-21-32-25-26-38-36-13-4-3-11-31(36)24-27-39(38)43(32)29-34/h1-29H. The van der Waals surface area contributed by atoms with Crippen LogP contribution in [-0.2, 0) is 0 Å². The van der Waals surface area contributed by atoms with Crippen molar-refractivity contribution in [3.63, 3.8) is 0 Å². The van der Waals surface area contributed by atoms with Crippen LogP contribution in [0.4, 0.5) is 0 Å². The minimum absolute atomic E-state index is 0.599. The summed E-state index contributed by atoms with van der Waals surface area (Å²) >= 11 is 0. The molecule has 11 aromatic rings. The van der Waals surface area contributed by atoms with E-state index in [1.54, 1.807) is 0 Å². The Bertz CT molecular complexity index is 3250. The van der Waals surface area contributed by atoms with E-state index in [1.165, 1.54) is 37.7 Å². The van der Waals surface area contributed by atoms with E-state index in [9.17, 15) is 0 Å². The molecule has 4 heteroatoms. The Hall–Kier alpha value is -7.17. The van der Waals surface area contributed by atoms with Crippen LogP contribution in [0.1, 0.15) is 0 Å². The number of hydrogen-bond donors (Lipinski definition) is 0. The molecule has 0 N–H and O–H groups in total. The van der Waals surface area contributed by atoms with Gasteiger partial charge in [-0.05, 0) is 78.5 Å². The quantitative estimate of drug-likeness (QED) is 0.174. The molecular weight excluding hydrogens is 647 g/mol. The maximum atomic E-state index is 6.29. The molecule has 0 aliphatic carbocycles. The fourth-order valence-corrected chi connectivity index (χ4v) is 7.95. The predicted octanol–water partition coefficient (Wildman–Crippen LogP) is 13.1. The van der Waals surface area contributed by atoms with Crippen LogP contribution in [0.25, 0.3) is 110 Å². The Balaban J connectivity index is 1.15. The molecule has 9 aromatic carbocycles. The van der Waals surface area contributed by atoms with Gasteiger partial charge in [0.1, 0.15) is 11.2 Å². The molecule has 0 aliphatic rings. The summed E-state index contributed by atoms with van der Waals surface area (Å²) in [4.78, 5) is 15.7. The Morgan fingerprint density at radius 2 is 0.868 bits per heavy atom. The number of para-hydroxylation sites is 1. The van der Waals surface area contributed by atoms with Crippen LogP contribution in [0.15, 0.2) is 180 Å². The summed E-state index contributed by atoms with van der Waals surface area (Å²) in [6, 6.07) is 61.7. The average Bonchev–Trinajstić information content (AvgIpc) is 3.62. The van der Waals surface area contributed by atoms with E-state index in [2.05, 4.69) is 146 Å². The van der Waals surface area contributed by atoms with Crippen LogP contribution in [0.3, 0.4) is 0 Å². The number of furan rings is 1. The monoisotopic (exact) mass is 675 g/mol. The molecule has 0 saturated carbocycles. The molecule has 2 heterocycles. The molecule has 0 radical (unpaired) electrons. The lowest BCUT2D eigenvalue weighted by atomic mass is 9.93. The number of rotatable bonds is 4. The summed E-state index contributed by atoms with van der Waals surface area (Å²) < 4.78 is 6.29. The van der Waals surface area contributed by atoms with Crippen molar-refractivity contribution in [1.82, 2.24) is 15.0 Å². The predicted molar refractivity (Wildman–Crippen MR) is 219 cm³/mol. The topological polar surface area (TPSA) is 51.8 Å². The molecule has 0 amide bonds. The normalized spacial score (nSPS) is 11.8. The maximum absolute atomic E-state index is 6.29. The van der Waals surface area contributed by atoms with Gasteiger partial charge in [0.25, 0.3) is 0 Å². The molecular formula is C49H29N3O. The van der Waals surface area contributed by atoms with Gasteiger partial charge in [0.15, 0.2) is 17.5 Å². The lowest BCUT2D eigenvalue weighted by Crippen LogP contribution is -2.01. The molecule has 0 saturated heterocycles. The Labute approximate surface area is 304 Å². The molecule has 0 unspecified atom stereocenters. The third-order valence-corrected chi connectivity index (χ3v) is 10.5. The highest BCUT2D eigenvalue weighted by atomic mass is 16.3. The second-order valence-corrected chi connectivity index (χ2v) is 13.6. The zero-order chi connectivity index (χ0) is 34.9. The van der Waals surface area contributed by atoms with E-state index in [1.807, 2.05) is 30.3 Å². The van der Waals surface area contributed by atoms with Gasteiger partial charge < -0.3 is 4.42 Å². The Morgan fingerprint density at radius 1 is 0.302 bits per heavy atom. The minimum atomic E-state index is 0.599. The van der Waals surface area contributed by atoms with Crippen LogP contribution < -0.4 is 0 Å². The van der Waals surface area contributed by atoms with Gasteiger partial charge >= 0.3 is 0 Å². The molecule has 53 heavy (non-hydrogen) atoms. The SMILES string of the molecule is c1ccc(-c2nc(-c3ccc4ccccc4c3)nc(-c3cccc4oc5ccccc5c34)n2)c(-c2ccc3ccc4c5ccccc5ccc4c3c2)c1. The highest BCUT2D eigenvalue weighted by molar-refractivity contribution is 6.18. The third kappa shape index (κ3) is 4.80. The van der Waals surface area contributed by atoms with Gasteiger partial charge in [-0.25, -0.2) is 15.0 Å². The zero-order valence-electron chi connectivity index (χ0n) is 28.5. The van der Waals surface area contributed by atoms with Crippen molar-refractivity contribution < 1.29 is 4.42 Å². The highest BCUT2D eigenvalue weighted by Crippen LogP contribution is 2.39. The molecule has 0 fully saturated rings. The highest BCUT2D eigenvalue weighted by Gasteiger charge is 2.19. The molecule has 0 spiro atoms. The van der Waals surface area contributed by atoms with Crippen LogP contribution in [-0.4, -0.2) is 15.0 Å². The smallest absolute Gasteiger partial charge is 0.164 e. The van der Waals surface area contributed by atoms with E-state index in [0.717, 1.165) is 55.1 Å². The van der Waals surface area contributed by atoms with Crippen LogP contribution in [0.5, 0.6) is 0 Å². The summed E-state index contributed by atoms with van der Waals surface area (Å²) in [6.07, 6.45) is 0. The molecule has 4 nitrogen and oxygen atoms in total. The van der Waals surface area contributed by atoms with Crippen molar-refractivity contribution in [3.05, 3.63) is 176 Å². The van der Waals surface area contributed by atoms with E-state index in [0.29, 0.717) is 17.5 Å². The average molecular weight is 676 g/mol. The fraction of sp³-hybridized carbons (Fsp3) is 0. The van der Waals surface area contributed by atoms with Crippen LogP contribution in [0.2, 0.25) is 0 Å². The second kappa shape index (κ2) is 11.7. The van der Waals surface area contributed by atoms with Gasteiger partial charge in [-0.1, -0.05) is 152 Å². The van der Waals surface area contributed by atoms with Crippen molar-refractivity contribution >= 4 is 65.0 Å². The lowest BCUT2D eigenvalue weighted by molar-refractivity contribution is 0.669. The fourth-order valence-electron chi connectivity index (χ4n) is 7.95. The number of fused-ring (bicyclic) bond motifs is 9. The molecule has 0 aliphatic heterocycles. The molecule has 246 valence electrons. The summed E-state index contributed by atoms with van der Waals surface area (Å²) in [5.74, 6) is 1.83. The third-order valence-electron chi connectivity index (χ3n) is 10.5. The number of benzene rings is 9. The van der Waals surface area contributed by atoms with E-state index >= 15 is 0 Å². The van der Waals surface area contributed by atoms with E-state index in [-0.39, 0.29) is 0 Å².